The lowest BCUT2D eigenvalue weighted by molar-refractivity contribution is 0.475. The molecule has 1 unspecified atom stereocenters. The third kappa shape index (κ3) is 4.28. The summed E-state index contributed by atoms with van der Waals surface area (Å²) in [4.78, 5) is 9.12. The summed E-state index contributed by atoms with van der Waals surface area (Å²) < 4.78 is 0. The third-order valence-corrected chi connectivity index (χ3v) is 3.76. The Morgan fingerprint density at radius 2 is 1.76 bits per heavy atom. The second-order valence-corrected chi connectivity index (χ2v) is 5.48. The van der Waals surface area contributed by atoms with Crippen molar-refractivity contribution in [1.82, 2.24) is 9.97 Å². The molecule has 1 aromatic carbocycles. The van der Waals surface area contributed by atoms with Gasteiger partial charge in [-0.3, -0.25) is 0 Å². The highest BCUT2D eigenvalue weighted by Crippen LogP contribution is 2.27. The van der Waals surface area contributed by atoms with Crippen molar-refractivity contribution < 1.29 is 5.11 Å². The van der Waals surface area contributed by atoms with E-state index in [0.29, 0.717) is 5.92 Å². The van der Waals surface area contributed by atoms with E-state index in [1.807, 2.05) is 24.4 Å². The SMILES string of the molecule is CCCCC(CCC)c1ccnc(-c2ccc(O)cc2)n1. The summed E-state index contributed by atoms with van der Waals surface area (Å²) in [7, 11) is 0. The molecule has 21 heavy (non-hydrogen) atoms. The number of nitrogens with zero attached hydrogens (tertiary/aromatic N) is 2. The van der Waals surface area contributed by atoms with Gasteiger partial charge in [0.2, 0.25) is 0 Å². The Kier molecular flexibility index (Phi) is 5.73. The van der Waals surface area contributed by atoms with Gasteiger partial charge in [0.05, 0.1) is 0 Å². The molecule has 2 rings (SSSR count). The molecule has 1 heterocycles. The van der Waals surface area contributed by atoms with Crippen LogP contribution in [0.25, 0.3) is 11.4 Å². The number of phenolic OH excluding ortho intramolecular Hbond substituents is 1. The van der Waals surface area contributed by atoms with Crippen molar-refractivity contribution in [3.8, 4) is 17.1 Å². The van der Waals surface area contributed by atoms with Gasteiger partial charge in [-0.15, -0.1) is 0 Å². The Morgan fingerprint density at radius 1 is 1.00 bits per heavy atom. The zero-order valence-corrected chi connectivity index (χ0v) is 12.9. The number of benzene rings is 1. The van der Waals surface area contributed by atoms with Gasteiger partial charge in [-0.2, -0.15) is 0 Å². The Bertz CT molecular complexity index is 551. The maximum atomic E-state index is 9.37. The standard InChI is InChI=1S/C18H24N2O/c1-3-5-7-14(6-4-2)17-12-13-19-18(20-17)15-8-10-16(21)11-9-15/h8-14,21H,3-7H2,1-2H3. The largest absolute Gasteiger partial charge is 0.508 e. The van der Waals surface area contributed by atoms with Gasteiger partial charge in [-0.05, 0) is 43.2 Å². The van der Waals surface area contributed by atoms with E-state index in [9.17, 15) is 5.11 Å². The normalized spacial score (nSPS) is 12.3. The molecule has 0 saturated heterocycles. The molecule has 1 aromatic heterocycles. The molecule has 0 amide bonds. The summed E-state index contributed by atoms with van der Waals surface area (Å²) in [5, 5.41) is 9.37. The number of phenols is 1. The summed E-state index contributed by atoms with van der Waals surface area (Å²) in [5.41, 5.74) is 2.09. The van der Waals surface area contributed by atoms with E-state index < -0.39 is 0 Å². The number of aromatic hydroxyl groups is 1. The highest BCUT2D eigenvalue weighted by molar-refractivity contribution is 5.56. The fourth-order valence-corrected chi connectivity index (χ4v) is 2.59. The molecule has 3 nitrogen and oxygen atoms in total. The average molecular weight is 284 g/mol. The first kappa shape index (κ1) is 15.5. The average Bonchev–Trinajstić information content (AvgIpc) is 2.52. The number of unbranched alkanes of at least 4 members (excludes halogenated alkanes) is 1. The van der Waals surface area contributed by atoms with Crippen LogP contribution in [0.15, 0.2) is 36.5 Å². The van der Waals surface area contributed by atoms with E-state index in [-0.39, 0.29) is 5.75 Å². The highest BCUT2D eigenvalue weighted by Gasteiger charge is 2.13. The van der Waals surface area contributed by atoms with Gasteiger partial charge < -0.3 is 5.11 Å². The van der Waals surface area contributed by atoms with Gasteiger partial charge in [-0.1, -0.05) is 33.1 Å². The van der Waals surface area contributed by atoms with Crippen molar-refractivity contribution in [3.63, 3.8) is 0 Å². The molecular formula is C18H24N2O. The summed E-state index contributed by atoms with van der Waals surface area (Å²) in [5.74, 6) is 1.53. The van der Waals surface area contributed by atoms with Crippen molar-refractivity contribution in [2.24, 2.45) is 0 Å². The quantitative estimate of drug-likeness (QED) is 0.784. The lowest BCUT2D eigenvalue weighted by Gasteiger charge is -2.15. The molecular weight excluding hydrogens is 260 g/mol. The predicted molar refractivity (Wildman–Crippen MR) is 86.3 cm³/mol. The first-order chi connectivity index (χ1) is 10.2. The van der Waals surface area contributed by atoms with Gasteiger partial charge >= 0.3 is 0 Å². The minimum atomic E-state index is 0.265. The lowest BCUT2D eigenvalue weighted by atomic mass is 9.93. The minimum absolute atomic E-state index is 0.265. The first-order valence-corrected chi connectivity index (χ1v) is 7.87. The van der Waals surface area contributed by atoms with Gasteiger partial charge in [0.15, 0.2) is 5.82 Å². The third-order valence-electron chi connectivity index (χ3n) is 3.76. The number of rotatable bonds is 7. The summed E-state index contributed by atoms with van der Waals surface area (Å²) in [6.07, 6.45) is 7.84. The molecule has 2 aromatic rings. The molecule has 0 spiro atoms. The van der Waals surface area contributed by atoms with Crippen LogP contribution in [-0.4, -0.2) is 15.1 Å². The first-order valence-electron chi connectivity index (χ1n) is 7.87. The molecule has 0 aliphatic rings. The van der Waals surface area contributed by atoms with Crippen LogP contribution in [0.5, 0.6) is 5.75 Å². The minimum Gasteiger partial charge on any atom is -0.508 e. The van der Waals surface area contributed by atoms with Crippen LogP contribution in [0.2, 0.25) is 0 Å². The predicted octanol–water partition coefficient (Wildman–Crippen LogP) is 4.92. The van der Waals surface area contributed by atoms with Crippen LogP contribution in [0.1, 0.15) is 57.6 Å². The van der Waals surface area contributed by atoms with Gasteiger partial charge in [0, 0.05) is 23.4 Å². The van der Waals surface area contributed by atoms with E-state index >= 15 is 0 Å². The second kappa shape index (κ2) is 7.77. The second-order valence-electron chi connectivity index (χ2n) is 5.48. The van der Waals surface area contributed by atoms with Gasteiger partial charge in [-0.25, -0.2) is 9.97 Å². The molecule has 0 aliphatic carbocycles. The monoisotopic (exact) mass is 284 g/mol. The van der Waals surface area contributed by atoms with Crippen LogP contribution in [0.4, 0.5) is 0 Å². The van der Waals surface area contributed by atoms with Crippen LogP contribution < -0.4 is 0 Å². The molecule has 1 N–H and O–H groups in total. The van der Waals surface area contributed by atoms with Gasteiger partial charge in [0.25, 0.3) is 0 Å². The molecule has 0 radical (unpaired) electrons. The maximum absolute atomic E-state index is 9.37. The Morgan fingerprint density at radius 3 is 2.43 bits per heavy atom. The van der Waals surface area contributed by atoms with Crippen LogP contribution in [0, 0.1) is 0 Å². The highest BCUT2D eigenvalue weighted by atomic mass is 16.3. The van der Waals surface area contributed by atoms with Crippen molar-refractivity contribution in [1.29, 1.82) is 0 Å². The zero-order chi connectivity index (χ0) is 15.1. The molecule has 3 heteroatoms. The molecule has 0 saturated carbocycles. The van der Waals surface area contributed by atoms with Crippen molar-refractivity contribution in [2.75, 3.05) is 0 Å². The van der Waals surface area contributed by atoms with Gasteiger partial charge in [0.1, 0.15) is 5.75 Å². The van der Waals surface area contributed by atoms with Crippen molar-refractivity contribution >= 4 is 0 Å². The fraction of sp³-hybridized carbons (Fsp3) is 0.444. The summed E-state index contributed by atoms with van der Waals surface area (Å²) in [6, 6.07) is 9.10. The van der Waals surface area contributed by atoms with Crippen LogP contribution in [0.3, 0.4) is 0 Å². The Hall–Kier alpha value is -1.90. The summed E-state index contributed by atoms with van der Waals surface area (Å²) in [6.45, 7) is 4.45. The Balaban J connectivity index is 2.24. The smallest absolute Gasteiger partial charge is 0.159 e. The molecule has 0 bridgehead atoms. The van der Waals surface area contributed by atoms with E-state index in [4.69, 9.17) is 4.98 Å². The van der Waals surface area contributed by atoms with E-state index in [2.05, 4.69) is 18.8 Å². The topological polar surface area (TPSA) is 46.0 Å². The molecule has 0 aliphatic heterocycles. The van der Waals surface area contributed by atoms with Crippen molar-refractivity contribution in [3.05, 3.63) is 42.2 Å². The van der Waals surface area contributed by atoms with E-state index in [1.54, 1.807) is 12.1 Å². The molecule has 1 atom stereocenters. The lowest BCUT2D eigenvalue weighted by Crippen LogP contribution is -2.03. The molecule has 0 fully saturated rings. The van der Waals surface area contributed by atoms with E-state index in [1.165, 1.54) is 32.1 Å². The summed E-state index contributed by atoms with van der Waals surface area (Å²) >= 11 is 0. The maximum Gasteiger partial charge on any atom is 0.159 e. The van der Waals surface area contributed by atoms with Crippen LogP contribution in [-0.2, 0) is 0 Å². The number of hydrogen-bond acceptors (Lipinski definition) is 3. The van der Waals surface area contributed by atoms with E-state index in [0.717, 1.165) is 17.1 Å². The van der Waals surface area contributed by atoms with Crippen molar-refractivity contribution in [2.45, 2.75) is 51.9 Å². The fourth-order valence-electron chi connectivity index (χ4n) is 2.59. The van der Waals surface area contributed by atoms with Crippen LogP contribution >= 0.6 is 0 Å². The zero-order valence-electron chi connectivity index (χ0n) is 12.9. The Labute approximate surface area is 127 Å². The number of hydrogen-bond donors (Lipinski definition) is 1. The number of aromatic nitrogens is 2. The molecule has 112 valence electrons.